The standard InChI is InChI=1S/C23H29FN2O2/c1-16(2)21-15-26(23(28)19-7-10-22(27)17(3)13-19)12-4-11-25(21)14-18-5-8-20(24)9-6-18/h5-10,13,16,21,27H,4,11-12,14-15H2,1-3H3/t21-/m1/s1. The average Bonchev–Trinajstić information content (AvgIpc) is 2.88. The second-order valence-electron chi connectivity index (χ2n) is 8.01. The Balaban J connectivity index is 1.77. The molecule has 0 aliphatic carbocycles. The van der Waals surface area contributed by atoms with E-state index in [1.54, 1.807) is 25.1 Å². The Kier molecular flexibility index (Phi) is 6.35. The van der Waals surface area contributed by atoms with Crippen LogP contribution in [0.5, 0.6) is 5.75 Å². The molecule has 0 spiro atoms. The SMILES string of the molecule is Cc1cc(C(=O)N2CCCN(Cc3ccc(F)cc3)[C@@H](C(C)C)C2)ccc1O. The number of hydrogen-bond acceptors (Lipinski definition) is 3. The Bertz CT molecular complexity index is 820. The van der Waals surface area contributed by atoms with Crippen LogP contribution < -0.4 is 0 Å². The number of amides is 1. The van der Waals surface area contributed by atoms with Gasteiger partial charge in [0.1, 0.15) is 11.6 Å². The highest BCUT2D eigenvalue weighted by atomic mass is 19.1. The molecule has 0 unspecified atom stereocenters. The fraction of sp³-hybridized carbons (Fsp3) is 0.435. The minimum atomic E-state index is -0.221. The summed E-state index contributed by atoms with van der Waals surface area (Å²) in [6.45, 7) is 9.19. The molecule has 1 fully saturated rings. The first-order valence-electron chi connectivity index (χ1n) is 9.92. The van der Waals surface area contributed by atoms with Crippen molar-refractivity contribution in [3.63, 3.8) is 0 Å². The van der Waals surface area contributed by atoms with Gasteiger partial charge in [0.2, 0.25) is 0 Å². The van der Waals surface area contributed by atoms with E-state index in [2.05, 4.69) is 18.7 Å². The van der Waals surface area contributed by atoms with Gasteiger partial charge in [-0.2, -0.15) is 0 Å². The van der Waals surface area contributed by atoms with Crippen molar-refractivity contribution >= 4 is 5.91 Å². The van der Waals surface area contributed by atoms with E-state index in [-0.39, 0.29) is 23.5 Å². The number of aryl methyl sites for hydroxylation is 1. The lowest BCUT2D eigenvalue weighted by molar-refractivity contribution is 0.0702. The third-order valence-electron chi connectivity index (χ3n) is 5.55. The lowest BCUT2D eigenvalue weighted by Gasteiger charge is -2.34. The first kappa shape index (κ1) is 20.3. The third kappa shape index (κ3) is 4.71. The van der Waals surface area contributed by atoms with Gasteiger partial charge in [-0.1, -0.05) is 26.0 Å². The molecule has 150 valence electrons. The van der Waals surface area contributed by atoms with Crippen molar-refractivity contribution in [3.8, 4) is 5.75 Å². The number of rotatable bonds is 4. The summed E-state index contributed by atoms with van der Waals surface area (Å²) >= 11 is 0. The van der Waals surface area contributed by atoms with Crippen LogP contribution in [0.4, 0.5) is 4.39 Å². The van der Waals surface area contributed by atoms with Crippen molar-refractivity contribution < 1.29 is 14.3 Å². The Morgan fingerprint density at radius 2 is 1.89 bits per heavy atom. The predicted octanol–water partition coefficient (Wildman–Crippen LogP) is 4.21. The molecule has 1 aliphatic heterocycles. The van der Waals surface area contributed by atoms with Crippen LogP contribution in [0.3, 0.4) is 0 Å². The van der Waals surface area contributed by atoms with Gasteiger partial charge in [0.05, 0.1) is 0 Å². The summed E-state index contributed by atoms with van der Waals surface area (Å²) < 4.78 is 13.2. The van der Waals surface area contributed by atoms with Gasteiger partial charge in [0.15, 0.2) is 0 Å². The summed E-state index contributed by atoms with van der Waals surface area (Å²) in [6, 6.07) is 11.9. The molecule has 0 aromatic heterocycles. The number of nitrogens with zero attached hydrogens (tertiary/aromatic N) is 2. The van der Waals surface area contributed by atoms with Gasteiger partial charge in [-0.15, -0.1) is 0 Å². The first-order valence-corrected chi connectivity index (χ1v) is 9.92. The largest absolute Gasteiger partial charge is 0.508 e. The van der Waals surface area contributed by atoms with E-state index in [1.165, 1.54) is 12.1 Å². The molecule has 1 N–H and O–H groups in total. The van der Waals surface area contributed by atoms with Gasteiger partial charge in [-0.05, 0) is 60.7 Å². The molecule has 2 aromatic rings. The van der Waals surface area contributed by atoms with E-state index in [0.717, 1.165) is 25.1 Å². The lowest BCUT2D eigenvalue weighted by atomic mass is 10.0. The molecular weight excluding hydrogens is 355 g/mol. The quantitative estimate of drug-likeness (QED) is 0.859. The monoisotopic (exact) mass is 384 g/mol. The number of halogens is 1. The average molecular weight is 384 g/mol. The Morgan fingerprint density at radius 1 is 1.18 bits per heavy atom. The molecule has 4 nitrogen and oxygen atoms in total. The van der Waals surface area contributed by atoms with Crippen LogP contribution in [0.15, 0.2) is 42.5 Å². The lowest BCUT2D eigenvalue weighted by Crippen LogP contribution is -2.45. The summed E-state index contributed by atoms with van der Waals surface area (Å²) in [5, 5.41) is 9.73. The second kappa shape index (κ2) is 8.74. The summed E-state index contributed by atoms with van der Waals surface area (Å²) in [7, 11) is 0. The number of carbonyl (C=O) groups excluding carboxylic acids is 1. The summed E-state index contributed by atoms with van der Waals surface area (Å²) in [5.41, 5.74) is 2.41. The van der Waals surface area contributed by atoms with Gasteiger partial charge < -0.3 is 10.0 Å². The summed E-state index contributed by atoms with van der Waals surface area (Å²) in [5.74, 6) is 0.381. The zero-order valence-electron chi connectivity index (χ0n) is 16.9. The Morgan fingerprint density at radius 3 is 2.54 bits per heavy atom. The van der Waals surface area contributed by atoms with E-state index in [9.17, 15) is 14.3 Å². The maximum atomic E-state index is 13.2. The zero-order valence-corrected chi connectivity index (χ0v) is 16.9. The molecule has 5 heteroatoms. The number of hydrogen-bond donors (Lipinski definition) is 1. The van der Waals surface area contributed by atoms with Gasteiger partial charge >= 0.3 is 0 Å². The van der Waals surface area contributed by atoms with Gasteiger partial charge in [0.25, 0.3) is 5.91 Å². The Hall–Kier alpha value is -2.40. The molecule has 0 saturated carbocycles. The van der Waals surface area contributed by atoms with Crippen molar-refractivity contribution in [2.75, 3.05) is 19.6 Å². The number of phenolic OH excluding ortho intramolecular Hbond substituents is 1. The molecule has 2 aromatic carbocycles. The highest BCUT2D eigenvalue weighted by Crippen LogP contribution is 2.23. The smallest absolute Gasteiger partial charge is 0.253 e. The van der Waals surface area contributed by atoms with Crippen molar-refractivity contribution in [2.24, 2.45) is 5.92 Å². The first-order chi connectivity index (χ1) is 13.3. The van der Waals surface area contributed by atoms with Crippen molar-refractivity contribution in [1.82, 2.24) is 9.80 Å². The maximum absolute atomic E-state index is 13.2. The van der Waals surface area contributed by atoms with Crippen LogP contribution in [0.1, 0.15) is 41.8 Å². The minimum Gasteiger partial charge on any atom is -0.508 e. The van der Waals surface area contributed by atoms with E-state index in [1.807, 2.05) is 17.0 Å². The summed E-state index contributed by atoms with van der Waals surface area (Å²) in [4.78, 5) is 17.4. The van der Waals surface area contributed by atoms with Crippen LogP contribution in [-0.2, 0) is 6.54 Å². The molecular formula is C23H29FN2O2. The maximum Gasteiger partial charge on any atom is 0.253 e. The van der Waals surface area contributed by atoms with Crippen LogP contribution in [0.25, 0.3) is 0 Å². The highest BCUT2D eigenvalue weighted by molar-refractivity contribution is 5.94. The third-order valence-corrected chi connectivity index (χ3v) is 5.55. The summed E-state index contributed by atoms with van der Waals surface area (Å²) in [6.07, 6.45) is 0.896. The van der Waals surface area contributed by atoms with E-state index in [0.29, 0.717) is 30.1 Å². The molecule has 0 bridgehead atoms. The predicted molar refractivity (Wildman–Crippen MR) is 109 cm³/mol. The van der Waals surface area contributed by atoms with Gasteiger partial charge in [-0.3, -0.25) is 9.69 Å². The van der Waals surface area contributed by atoms with Crippen molar-refractivity contribution in [3.05, 3.63) is 65.0 Å². The number of benzene rings is 2. The fourth-order valence-corrected chi connectivity index (χ4v) is 3.87. The van der Waals surface area contributed by atoms with Crippen molar-refractivity contribution in [2.45, 2.75) is 39.8 Å². The minimum absolute atomic E-state index is 0.0115. The molecule has 1 amide bonds. The topological polar surface area (TPSA) is 43.8 Å². The fourth-order valence-electron chi connectivity index (χ4n) is 3.87. The van der Waals surface area contributed by atoms with Crippen molar-refractivity contribution in [1.29, 1.82) is 0 Å². The van der Waals surface area contributed by atoms with E-state index < -0.39 is 0 Å². The van der Waals surface area contributed by atoms with Gasteiger partial charge in [-0.25, -0.2) is 4.39 Å². The molecule has 3 rings (SSSR count). The molecule has 1 heterocycles. The van der Waals surface area contributed by atoms with Crippen LogP contribution in [0, 0.1) is 18.7 Å². The number of phenols is 1. The number of aromatic hydroxyl groups is 1. The second-order valence-corrected chi connectivity index (χ2v) is 8.01. The molecule has 1 aliphatic rings. The van der Waals surface area contributed by atoms with Crippen LogP contribution in [0.2, 0.25) is 0 Å². The van der Waals surface area contributed by atoms with E-state index in [4.69, 9.17) is 0 Å². The van der Waals surface area contributed by atoms with Crippen LogP contribution >= 0.6 is 0 Å². The zero-order chi connectivity index (χ0) is 20.3. The van der Waals surface area contributed by atoms with Gasteiger partial charge in [0, 0.05) is 37.8 Å². The highest BCUT2D eigenvalue weighted by Gasteiger charge is 2.30. The molecule has 1 saturated heterocycles. The molecule has 0 radical (unpaired) electrons. The molecule has 1 atom stereocenters. The Labute approximate surface area is 166 Å². The molecule has 28 heavy (non-hydrogen) atoms. The normalized spacial score (nSPS) is 18.3. The van der Waals surface area contributed by atoms with E-state index >= 15 is 0 Å². The number of carbonyl (C=O) groups is 1. The van der Waals surface area contributed by atoms with Crippen LogP contribution in [-0.4, -0.2) is 46.5 Å².